The highest BCUT2D eigenvalue weighted by Crippen LogP contribution is 2.21. The molecule has 0 aromatic carbocycles. The van der Waals surface area contributed by atoms with Gasteiger partial charge in [0, 0.05) is 21.3 Å². The molecule has 0 saturated carbocycles. The number of hydrogen-bond donors (Lipinski definition) is 1. The first-order chi connectivity index (χ1) is 6.78. The lowest BCUT2D eigenvalue weighted by atomic mass is 10.00. The molecular weight excluding hydrogens is 188 g/mol. The molecule has 14 heavy (non-hydrogen) atoms. The Labute approximate surface area is 83.9 Å². The van der Waals surface area contributed by atoms with Gasteiger partial charge in [-0.3, -0.25) is 0 Å². The molecule has 1 heterocycles. The van der Waals surface area contributed by atoms with Crippen LogP contribution in [0.2, 0.25) is 0 Å². The molecule has 0 amide bonds. The van der Waals surface area contributed by atoms with Crippen molar-refractivity contribution in [2.24, 2.45) is 0 Å². The summed E-state index contributed by atoms with van der Waals surface area (Å²) in [6.45, 7) is 0.342. The van der Waals surface area contributed by atoms with Gasteiger partial charge in [0.2, 0.25) is 0 Å². The van der Waals surface area contributed by atoms with Crippen molar-refractivity contribution < 1.29 is 24.1 Å². The van der Waals surface area contributed by atoms with E-state index in [-0.39, 0.29) is 31.0 Å². The maximum absolute atomic E-state index is 9.06. The Kier molecular flexibility index (Phi) is 4.77. The molecule has 0 unspecified atom stereocenters. The minimum Gasteiger partial charge on any atom is -0.394 e. The third-order valence-electron chi connectivity index (χ3n) is 2.56. The summed E-state index contributed by atoms with van der Waals surface area (Å²) >= 11 is 0. The highest BCUT2D eigenvalue weighted by molar-refractivity contribution is 4.89. The van der Waals surface area contributed by atoms with E-state index in [4.69, 9.17) is 24.1 Å². The fraction of sp³-hybridized carbons (Fsp3) is 1.00. The van der Waals surface area contributed by atoms with Crippen LogP contribution in [0.1, 0.15) is 0 Å². The summed E-state index contributed by atoms with van der Waals surface area (Å²) in [7, 11) is 4.77. The molecule has 4 atom stereocenters. The Hall–Kier alpha value is -0.200. The van der Waals surface area contributed by atoms with Gasteiger partial charge in [0.25, 0.3) is 0 Å². The SMILES string of the molecule is CO[C@H]1[C@H](OC)[C@@H](CO)OC[C@@H]1OC. The van der Waals surface area contributed by atoms with Gasteiger partial charge in [-0.15, -0.1) is 0 Å². The molecule has 1 fully saturated rings. The molecule has 1 saturated heterocycles. The van der Waals surface area contributed by atoms with Gasteiger partial charge < -0.3 is 24.1 Å². The van der Waals surface area contributed by atoms with Crippen molar-refractivity contribution in [3.05, 3.63) is 0 Å². The molecule has 0 aliphatic carbocycles. The van der Waals surface area contributed by atoms with Crippen LogP contribution in [-0.2, 0) is 18.9 Å². The summed E-state index contributed by atoms with van der Waals surface area (Å²) in [6, 6.07) is 0. The van der Waals surface area contributed by atoms with Gasteiger partial charge in [-0.05, 0) is 0 Å². The van der Waals surface area contributed by atoms with E-state index in [9.17, 15) is 0 Å². The molecule has 5 heteroatoms. The topological polar surface area (TPSA) is 57.2 Å². The summed E-state index contributed by atoms with van der Waals surface area (Å²) in [4.78, 5) is 0. The van der Waals surface area contributed by atoms with E-state index in [1.165, 1.54) is 0 Å². The maximum atomic E-state index is 9.06. The normalized spacial score (nSPS) is 38.6. The fourth-order valence-corrected chi connectivity index (χ4v) is 1.76. The van der Waals surface area contributed by atoms with Crippen LogP contribution in [-0.4, -0.2) is 64.1 Å². The van der Waals surface area contributed by atoms with E-state index in [1.807, 2.05) is 0 Å². The van der Waals surface area contributed by atoms with Crippen LogP contribution < -0.4 is 0 Å². The third kappa shape index (κ3) is 2.24. The smallest absolute Gasteiger partial charge is 0.114 e. The van der Waals surface area contributed by atoms with Gasteiger partial charge >= 0.3 is 0 Å². The lowest BCUT2D eigenvalue weighted by Gasteiger charge is -2.39. The average Bonchev–Trinajstić information content (AvgIpc) is 2.26. The molecule has 0 aromatic rings. The molecule has 84 valence electrons. The van der Waals surface area contributed by atoms with Gasteiger partial charge in [-0.1, -0.05) is 0 Å². The number of aliphatic hydroxyl groups is 1. The number of ether oxygens (including phenoxy) is 4. The van der Waals surface area contributed by atoms with Crippen LogP contribution >= 0.6 is 0 Å². The summed E-state index contributed by atoms with van der Waals surface area (Å²) in [5.41, 5.74) is 0. The number of methoxy groups -OCH3 is 3. The molecule has 1 N–H and O–H groups in total. The number of rotatable bonds is 4. The predicted molar refractivity (Wildman–Crippen MR) is 49.2 cm³/mol. The summed E-state index contributed by atoms with van der Waals surface area (Å²) in [5, 5.41) is 9.06. The van der Waals surface area contributed by atoms with Crippen LogP contribution in [0.15, 0.2) is 0 Å². The van der Waals surface area contributed by atoms with E-state index in [2.05, 4.69) is 0 Å². The van der Waals surface area contributed by atoms with Crippen molar-refractivity contribution in [3.8, 4) is 0 Å². The molecule has 0 radical (unpaired) electrons. The molecule has 0 spiro atoms. The van der Waals surface area contributed by atoms with Gasteiger partial charge in [-0.2, -0.15) is 0 Å². The van der Waals surface area contributed by atoms with E-state index < -0.39 is 0 Å². The van der Waals surface area contributed by atoms with Crippen molar-refractivity contribution in [1.82, 2.24) is 0 Å². The number of aliphatic hydroxyl groups excluding tert-OH is 1. The summed E-state index contributed by atoms with van der Waals surface area (Å²) in [5.74, 6) is 0. The van der Waals surface area contributed by atoms with Crippen LogP contribution in [0, 0.1) is 0 Å². The van der Waals surface area contributed by atoms with Gasteiger partial charge in [0.1, 0.15) is 24.4 Å². The Morgan fingerprint density at radius 3 is 2.21 bits per heavy atom. The zero-order valence-electron chi connectivity index (χ0n) is 8.80. The summed E-state index contributed by atoms with van der Waals surface area (Å²) in [6.07, 6.45) is -0.969. The second-order valence-corrected chi connectivity index (χ2v) is 3.23. The van der Waals surface area contributed by atoms with E-state index in [0.717, 1.165) is 0 Å². The monoisotopic (exact) mass is 206 g/mol. The quantitative estimate of drug-likeness (QED) is 0.667. The Balaban J connectivity index is 2.67. The third-order valence-corrected chi connectivity index (χ3v) is 2.56. The van der Waals surface area contributed by atoms with Crippen molar-refractivity contribution in [1.29, 1.82) is 0 Å². The predicted octanol–water partition coefficient (Wildman–Crippen LogP) is -0.577. The molecule has 0 bridgehead atoms. The standard InChI is InChI=1S/C9H18O5/c1-11-7-5-14-6(4-10)8(12-2)9(7)13-3/h6-10H,4-5H2,1-3H3/t6-,7+,8-,9-/m1/s1. The highest BCUT2D eigenvalue weighted by Gasteiger charge is 2.40. The van der Waals surface area contributed by atoms with E-state index >= 15 is 0 Å². The first-order valence-corrected chi connectivity index (χ1v) is 4.59. The largest absolute Gasteiger partial charge is 0.394 e. The van der Waals surface area contributed by atoms with Crippen LogP contribution in [0.5, 0.6) is 0 Å². The van der Waals surface area contributed by atoms with Crippen molar-refractivity contribution in [2.75, 3.05) is 34.5 Å². The molecule has 0 aromatic heterocycles. The van der Waals surface area contributed by atoms with Gasteiger partial charge in [-0.25, -0.2) is 0 Å². The first-order valence-electron chi connectivity index (χ1n) is 4.59. The molecule has 1 rings (SSSR count). The Bertz CT molecular complexity index is 145. The molecule has 1 aliphatic heterocycles. The lowest BCUT2D eigenvalue weighted by molar-refractivity contribution is -0.218. The Morgan fingerprint density at radius 1 is 1.14 bits per heavy atom. The fourth-order valence-electron chi connectivity index (χ4n) is 1.76. The van der Waals surface area contributed by atoms with Crippen LogP contribution in [0.4, 0.5) is 0 Å². The minimum atomic E-state index is -0.337. The lowest BCUT2D eigenvalue weighted by Crippen LogP contribution is -2.56. The second kappa shape index (κ2) is 5.63. The van der Waals surface area contributed by atoms with Crippen molar-refractivity contribution >= 4 is 0 Å². The average molecular weight is 206 g/mol. The van der Waals surface area contributed by atoms with Crippen LogP contribution in [0.25, 0.3) is 0 Å². The highest BCUT2D eigenvalue weighted by atomic mass is 16.6. The molecule has 5 nitrogen and oxygen atoms in total. The second-order valence-electron chi connectivity index (χ2n) is 3.23. The van der Waals surface area contributed by atoms with Crippen molar-refractivity contribution in [3.63, 3.8) is 0 Å². The first kappa shape index (κ1) is 11.9. The zero-order valence-corrected chi connectivity index (χ0v) is 8.80. The number of hydrogen-bond acceptors (Lipinski definition) is 5. The molecule has 1 aliphatic rings. The Morgan fingerprint density at radius 2 is 1.79 bits per heavy atom. The summed E-state index contributed by atoms with van der Waals surface area (Å²) < 4.78 is 21.1. The van der Waals surface area contributed by atoms with Gasteiger partial charge in [0.15, 0.2) is 0 Å². The van der Waals surface area contributed by atoms with Crippen molar-refractivity contribution in [2.45, 2.75) is 24.4 Å². The van der Waals surface area contributed by atoms with E-state index in [0.29, 0.717) is 6.61 Å². The zero-order chi connectivity index (χ0) is 10.6. The van der Waals surface area contributed by atoms with E-state index in [1.54, 1.807) is 21.3 Å². The minimum absolute atomic E-state index is 0.0746. The molecular formula is C9H18O5. The van der Waals surface area contributed by atoms with Gasteiger partial charge in [0.05, 0.1) is 13.2 Å². The maximum Gasteiger partial charge on any atom is 0.114 e. The van der Waals surface area contributed by atoms with Crippen LogP contribution in [0.3, 0.4) is 0 Å².